The molecule has 2 amide bonds. The number of aromatic nitrogens is 1. The molecule has 0 bridgehead atoms. The summed E-state index contributed by atoms with van der Waals surface area (Å²) in [5.74, 6) is -1.27. The smallest absolute Gasteiger partial charge is 0.350 e. The van der Waals surface area contributed by atoms with Crippen LogP contribution in [0.15, 0.2) is 24.3 Å². The van der Waals surface area contributed by atoms with E-state index in [2.05, 4.69) is 10.3 Å². The summed E-state index contributed by atoms with van der Waals surface area (Å²) in [5.41, 5.74) is 2.41. The van der Waals surface area contributed by atoms with Gasteiger partial charge in [0.15, 0.2) is 5.13 Å². The average Bonchev–Trinajstić information content (AvgIpc) is 3.19. The summed E-state index contributed by atoms with van der Waals surface area (Å²) in [6.45, 7) is 6.00. The van der Waals surface area contributed by atoms with E-state index < -0.39 is 11.9 Å². The molecule has 2 aromatic rings. The Morgan fingerprint density at radius 2 is 1.96 bits per heavy atom. The maximum Gasteiger partial charge on any atom is 0.350 e. The number of anilines is 2. The Bertz CT molecular complexity index is 882. The van der Waals surface area contributed by atoms with Crippen molar-refractivity contribution in [2.45, 2.75) is 27.2 Å². The number of aryl methyl sites for hydroxylation is 2. The summed E-state index contributed by atoms with van der Waals surface area (Å²) in [5, 5.41) is 3.06. The SMILES string of the molecule is CCOC(=O)c1sc(NC(=O)C2CC(=O)N(c3ccc(C)cc3)C2)nc1C.Cl. The Morgan fingerprint density at radius 1 is 1.29 bits per heavy atom. The maximum atomic E-state index is 12.6. The first kappa shape index (κ1) is 21.8. The molecule has 1 aromatic carbocycles. The van der Waals surface area contributed by atoms with E-state index in [-0.39, 0.29) is 37.2 Å². The number of rotatable bonds is 5. The fourth-order valence-corrected chi connectivity index (χ4v) is 3.76. The second-order valence-electron chi connectivity index (χ2n) is 6.38. The highest BCUT2D eigenvalue weighted by atomic mass is 35.5. The van der Waals surface area contributed by atoms with Gasteiger partial charge in [-0.05, 0) is 32.9 Å². The second-order valence-corrected chi connectivity index (χ2v) is 7.38. The summed E-state index contributed by atoms with van der Waals surface area (Å²) in [7, 11) is 0. The number of halogens is 1. The first-order valence-electron chi connectivity index (χ1n) is 8.71. The molecule has 0 saturated carbocycles. The van der Waals surface area contributed by atoms with E-state index in [9.17, 15) is 14.4 Å². The number of hydrogen-bond acceptors (Lipinski definition) is 6. The number of carbonyl (C=O) groups excluding carboxylic acids is 3. The molecule has 1 aromatic heterocycles. The Kier molecular flexibility index (Phi) is 7.15. The lowest BCUT2D eigenvalue weighted by atomic mass is 10.1. The molecule has 28 heavy (non-hydrogen) atoms. The van der Waals surface area contributed by atoms with Gasteiger partial charge in [0.25, 0.3) is 0 Å². The molecule has 1 aliphatic heterocycles. The van der Waals surface area contributed by atoms with Crippen molar-refractivity contribution in [1.82, 2.24) is 4.98 Å². The van der Waals surface area contributed by atoms with Crippen LogP contribution >= 0.6 is 23.7 Å². The minimum Gasteiger partial charge on any atom is -0.462 e. The number of amides is 2. The first-order chi connectivity index (χ1) is 12.9. The van der Waals surface area contributed by atoms with Gasteiger partial charge in [0.1, 0.15) is 4.88 Å². The van der Waals surface area contributed by atoms with Crippen LogP contribution in [-0.4, -0.2) is 35.9 Å². The number of carbonyl (C=O) groups is 3. The largest absolute Gasteiger partial charge is 0.462 e. The number of nitrogens with one attached hydrogen (secondary N) is 1. The predicted molar refractivity (Wildman–Crippen MR) is 110 cm³/mol. The monoisotopic (exact) mass is 423 g/mol. The van der Waals surface area contributed by atoms with Crippen molar-refractivity contribution in [2.75, 3.05) is 23.4 Å². The van der Waals surface area contributed by atoms with Gasteiger partial charge in [0, 0.05) is 18.7 Å². The van der Waals surface area contributed by atoms with Crippen molar-refractivity contribution in [3.8, 4) is 0 Å². The van der Waals surface area contributed by atoms with Crippen LogP contribution in [0.5, 0.6) is 0 Å². The second kappa shape index (κ2) is 9.16. The van der Waals surface area contributed by atoms with Gasteiger partial charge in [-0.2, -0.15) is 0 Å². The molecule has 2 heterocycles. The highest BCUT2D eigenvalue weighted by Crippen LogP contribution is 2.28. The molecular weight excluding hydrogens is 402 g/mol. The Hall–Kier alpha value is -2.45. The van der Waals surface area contributed by atoms with Crippen LogP contribution in [0.25, 0.3) is 0 Å². The van der Waals surface area contributed by atoms with E-state index in [4.69, 9.17) is 4.74 Å². The van der Waals surface area contributed by atoms with Gasteiger partial charge < -0.3 is 15.0 Å². The zero-order chi connectivity index (χ0) is 19.6. The Labute approximate surface area is 173 Å². The molecular formula is C19H22ClN3O4S. The standard InChI is InChI=1S/C19H21N3O4S.ClH/c1-4-26-18(25)16-12(3)20-19(27-16)21-17(24)13-9-15(23)22(10-13)14-7-5-11(2)6-8-14;/h5-8,13H,4,9-10H2,1-3H3,(H,20,21,24);1H. The van der Waals surface area contributed by atoms with Crippen LogP contribution in [0.3, 0.4) is 0 Å². The molecule has 0 spiro atoms. The lowest BCUT2D eigenvalue weighted by Gasteiger charge is -2.16. The van der Waals surface area contributed by atoms with Crippen molar-refractivity contribution in [3.05, 3.63) is 40.4 Å². The molecule has 0 aliphatic carbocycles. The van der Waals surface area contributed by atoms with Gasteiger partial charge in [0.05, 0.1) is 18.2 Å². The van der Waals surface area contributed by atoms with Crippen LogP contribution in [0.1, 0.15) is 34.3 Å². The van der Waals surface area contributed by atoms with Crippen molar-refractivity contribution in [2.24, 2.45) is 5.92 Å². The van der Waals surface area contributed by atoms with Crippen LogP contribution in [-0.2, 0) is 14.3 Å². The molecule has 0 radical (unpaired) electrons. The van der Waals surface area contributed by atoms with Crippen LogP contribution < -0.4 is 10.2 Å². The summed E-state index contributed by atoms with van der Waals surface area (Å²) in [6.07, 6.45) is 0.148. The van der Waals surface area contributed by atoms with E-state index in [1.165, 1.54) is 0 Å². The molecule has 150 valence electrons. The molecule has 1 N–H and O–H groups in total. The summed E-state index contributed by atoms with van der Waals surface area (Å²) >= 11 is 1.08. The number of benzene rings is 1. The van der Waals surface area contributed by atoms with Gasteiger partial charge in [-0.3, -0.25) is 9.59 Å². The number of ether oxygens (including phenoxy) is 1. The van der Waals surface area contributed by atoms with E-state index in [0.29, 0.717) is 22.2 Å². The topological polar surface area (TPSA) is 88.6 Å². The third kappa shape index (κ3) is 4.69. The van der Waals surface area contributed by atoms with E-state index in [1.54, 1.807) is 18.7 Å². The molecule has 9 heteroatoms. The van der Waals surface area contributed by atoms with E-state index in [1.807, 2.05) is 31.2 Å². The number of nitrogens with zero attached hydrogens (tertiary/aromatic N) is 2. The minimum atomic E-state index is -0.464. The van der Waals surface area contributed by atoms with Gasteiger partial charge in [-0.1, -0.05) is 29.0 Å². The van der Waals surface area contributed by atoms with Crippen LogP contribution in [0.2, 0.25) is 0 Å². The fourth-order valence-electron chi connectivity index (χ4n) is 2.90. The highest BCUT2D eigenvalue weighted by molar-refractivity contribution is 7.17. The molecule has 1 unspecified atom stereocenters. The number of hydrogen-bond donors (Lipinski definition) is 1. The average molecular weight is 424 g/mol. The van der Waals surface area contributed by atoms with E-state index >= 15 is 0 Å². The number of thiazole rings is 1. The number of esters is 1. The third-order valence-corrected chi connectivity index (χ3v) is 5.38. The van der Waals surface area contributed by atoms with Gasteiger partial charge in [-0.25, -0.2) is 9.78 Å². The first-order valence-corrected chi connectivity index (χ1v) is 9.53. The van der Waals surface area contributed by atoms with E-state index in [0.717, 1.165) is 22.6 Å². The molecule has 1 fully saturated rings. The quantitative estimate of drug-likeness (QED) is 0.745. The van der Waals surface area contributed by atoms with Crippen molar-refractivity contribution in [1.29, 1.82) is 0 Å². The lowest BCUT2D eigenvalue weighted by molar-refractivity contribution is -0.122. The molecule has 7 nitrogen and oxygen atoms in total. The van der Waals surface area contributed by atoms with Crippen molar-refractivity contribution in [3.63, 3.8) is 0 Å². The van der Waals surface area contributed by atoms with Crippen molar-refractivity contribution < 1.29 is 19.1 Å². The minimum absolute atomic E-state index is 0. The fraction of sp³-hybridized carbons (Fsp3) is 0.368. The zero-order valence-corrected chi connectivity index (χ0v) is 17.5. The summed E-state index contributed by atoms with van der Waals surface area (Å²) < 4.78 is 4.98. The molecule has 1 saturated heterocycles. The molecule has 3 rings (SSSR count). The Balaban J connectivity index is 0.00000280. The molecule has 1 aliphatic rings. The lowest BCUT2D eigenvalue weighted by Crippen LogP contribution is -2.28. The zero-order valence-electron chi connectivity index (χ0n) is 15.9. The van der Waals surface area contributed by atoms with Crippen LogP contribution in [0.4, 0.5) is 10.8 Å². The Morgan fingerprint density at radius 3 is 2.61 bits per heavy atom. The molecule has 1 atom stereocenters. The normalized spacial score (nSPS) is 15.9. The summed E-state index contributed by atoms with van der Waals surface area (Å²) in [4.78, 5) is 43.0. The highest BCUT2D eigenvalue weighted by Gasteiger charge is 2.35. The van der Waals surface area contributed by atoms with Gasteiger partial charge >= 0.3 is 5.97 Å². The van der Waals surface area contributed by atoms with Gasteiger partial charge in [-0.15, -0.1) is 12.4 Å². The maximum absolute atomic E-state index is 12.6. The summed E-state index contributed by atoms with van der Waals surface area (Å²) in [6, 6.07) is 7.63. The third-order valence-electron chi connectivity index (χ3n) is 4.33. The van der Waals surface area contributed by atoms with Crippen molar-refractivity contribution >= 4 is 52.3 Å². The predicted octanol–water partition coefficient (Wildman–Crippen LogP) is 3.35. The van der Waals surface area contributed by atoms with Crippen LogP contribution in [0, 0.1) is 19.8 Å². The van der Waals surface area contributed by atoms with Gasteiger partial charge in [0.2, 0.25) is 11.8 Å².